The maximum Gasteiger partial charge on any atom is 0.407 e. The lowest BCUT2D eigenvalue weighted by Crippen LogP contribution is -2.49. The second-order valence-electron chi connectivity index (χ2n) is 12.9. The minimum absolute atomic E-state index is 0.0994. The van der Waals surface area contributed by atoms with Crippen molar-refractivity contribution in [1.82, 2.24) is 9.80 Å². The van der Waals surface area contributed by atoms with Crippen LogP contribution < -0.4 is 4.74 Å². The Hall–Kier alpha value is -4.13. The van der Waals surface area contributed by atoms with Crippen LogP contribution in [0.25, 0.3) is 21.2 Å². The van der Waals surface area contributed by atoms with Gasteiger partial charge in [0.05, 0.1) is 23.8 Å². The second kappa shape index (κ2) is 13.7. The summed E-state index contributed by atoms with van der Waals surface area (Å²) in [6, 6.07) is 19.5. The Morgan fingerprint density at radius 1 is 1.02 bits per heavy atom. The van der Waals surface area contributed by atoms with Crippen LogP contribution in [0.4, 0.5) is 9.18 Å². The summed E-state index contributed by atoms with van der Waals surface area (Å²) in [5, 5.41) is 19.6. The fourth-order valence-electron chi connectivity index (χ4n) is 6.25. The van der Waals surface area contributed by atoms with E-state index in [4.69, 9.17) is 16.3 Å². The number of methoxy groups -OCH3 is 1. The van der Waals surface area contributed by atoms with Crippen LogP contribution >= 0.6 is 22.9 Å². The van der Waals surface area contributed by atoms with Crippen molar-refractivity contribution >= 4 is 45.0 Å². The van der Waals surface area contributed by atoms with E-state index in [1.807, 2.05) is 51.1 Å². The van der Waals surface area contributed by atoms with Gasteiger partial charge in [-0.2, -0.15) is 5.26 Å². The third-order valence-electron chi connectivity index (χ3n) is 8.47. The molecular weight excluding hydrogens is 625 g/mol. The third kappa shape index (κ3) is 7.14. The van der Waals surface area contributed by atoms with Crippen molar-refractivity contribution in [3.8, 4) is 22.9 Å². The molecule has 0 atom stereocenters. The van der Waals surface area contributed by atoms with E-state index in [-0.39, 0.29) is 45.2 Å². The lowest BCUT2D eigenvalue weighted by atomic mass is 9.87. The van der Waals surface area contributed by atoms with E-state index in [0.717, 1.165) is 16.7 Å². The van der Waals surface area contributed by atoms with E-state index in [1.165, 1.54) is 22.3 Å². The summed E-state index contributed by atoms with van der Waals surface area (Å²) in [5.74, 6) is -0.168. The second-order valence-corrected chi connectivity index (χ2v) is 14.4. The van der Waals surface area contributed by atoms with E-state index in [1.54, 1.807) is 36.3 Å². The number of hydrogen-bond donors (Lipinski definition) is 1. The number of rotatable bonds is 8. The molecule has 0 bridgehead atoms. The zero-order valence-corrected chi connectivity index (χ0v) is 27.9. The minimum Gasteiger partial charge on any atom is -0.496 e. The van der Waals surface area contributed by atoms with Crippen LogP contribution in [0.2, 0.25) is 5.02 Å². The molecule has 0 radical (unpaired) electrons. The molecule has 3 aromatic carbocycles. The van der Waals surface area contributed by atoms with Gasteiger partial charge in [0, 0.05) is 40.8 Å². The number of amides is 2. The van der Waals surface area contributed by atoms with Gasteiger partial charge in [-0.1, -0.05) is 56.6 Å². The van der Waals surface area contributed by atoms with Gasteiger partial charge in [0.25, 0.3) is 5.91 Å². The molecule has 0 unspecified atom stereocenters. The number of carboxylic acid groups (broad SMARTS) is 1. The number of nitriles is 1. The molecule has 5 rings (SSSR count). The minimum atomic E-state index is -0.935. The first kappa shape index (κ1) is 33.2. The van der Waals surface area contributed by atoms with Gasteiger partial charge < -0.3 is 19.6 Å². The monoisotopic (exact) mass is 661 g/mol. The van der Waals surface area contributed by atoms with Crippen molar-refractivity contribution in [2.24, 2.45) is 5.41 Å². The van der Waals surface area contributed by atoms with Gasteiger partial charge in [-0.05, 0) is 78.6 Å². The van der Waals surface area contributed by atoms with E-state index >= 15 is 0 Å². The highest BCUT2D eigenvalue weighted by molar-refractivity contribution is 7.21. The van der Waals surface area contributed by atoms with Crippen LogP contribution in [0.1, 0.15) is 67.3 Å². The molecule has 1 aromatic heterocycles. The highest BCUT2D eigenvalue weighted by Gasteiger charge is 2.36. The van der Waals surface area contributed by atoms with E-state index < -0.39 is 11.9 Å². The Labute approximate surface area is 277 Å². The standard InChI is InChI=1S/C36H37ClFN3O4S/c1-36(2,3)21-41(35(43)44)27-15-13-26(14-16-27)40(34(42)33-32(37)31-28(38)6-5-7-30(31)46-33)20-25-18-24(12-17-29(25)45-4)23-10-8-22(19-39)9-11-23/h5-12,17-18,26-27H,13-16,20-21H2,1-4H3,(H,43,44). The Balaban J connectivity index is 1.50. The Morgan fingerprint density at radius 3 is 2.22 bits per heavy atom. The van der Waals surface area contributed by atoms with Gasteiger partial charge in [-0.25, -0.2) is 9.18 Å². The first-order valence-electron chi connectivity index (χ1n) is 15.2. The molecule has 7 nitrogen and oxygen atoms in total. The molecule has 1 N–H and O–H groups in total. The molecule has 10 heteroatoms. The summed E-state index contributed by atoms with van der Waals surface area (Å²) in [6.45, 7) is 6.69. The lowest BCUT2D eigenvalue weighted by Gasteiger charge is -2.41. The average Bonchev–Trinajstić information content (AvgIpc) is 3.39. The number of thiophene rings is 1. The highest BCUT2D eigenvalue weighted by atomic mass is 35.5. The zero-order valence-electron chi connectivity index (χ0n) is 26.3. The predicted octanol–water partition coefficient (Wildman–Crippen LogP) is 9.22. The number of hydrogen-bond acceptors (Lipinski definition) is 5. The SMILES string of the molecule is COc1ccc(-c2ccc(C#N)cc2)cc1CN(C(=O)c1sc2cccc(F)c2c1Cl)C1CCC(N(CC(C)(C)C)C(=O)O)CC1. The molecular formula is C36H37ClFN3O4S. The first-order chi connectivity index (χ1) is 21.9. The normalized spacial score (nSPS) is 16.5. The molecule has 1 aliphatic carbocycles. The summed E-state index contributed by atoms with van der Waals surface area (Å²) < 4.78 is 21.1. The molecule has 0 aliphatic heterocycles. The molecule has 4 aromatic rings. The summed E-state index contributed by atoms with van der Waals surface area (Å²) in [5.41, 5.74) is 2.96. The number of fused-ring (bicyclic) bond motifs is 1. The predicted molar refractivity (Wildman–Crippen MR) is 180 cm³/mol. The number of benzene rings is 3. The van der Waals surface area contributed by atoms with Gasteiger partial charge in [0.15, 0.2) is 0 Å². The van der Waals surface area contributed by atoms with E-state index in [0.29, 0.717) is 48.2 Å². The van der Waals surface area contributed by atoms with E-state index in [9.17, 15) is 24.3 Å². The van der Waals surface area contributed by atoms with Gasteiger partial charge in [0.1, 0.15) is 16.4 Å². The summed E-state index contributed by atoms with van der Waals surface area (Å²) in [6.07, 6.45) is 1.47. The number of carbonyl (C=O) groups is 2. The molecule has 0 saturated heterocycles. The van der Waals surface area contributed by atoms with E-state index in [2.05, 4.69) is 6.07 Å². The van der Waals surface area contributed by atoms with Gasteiger partial charge >= 0.3 is 6.09 Å². The number of nitrogens with zero attached hydrogens (tertiary/aromatic N) is 3. The van der Waals surface area contributed by atoms with Crippen molar-refractivity contribution in [3.63, 3.8) is 0 Å². The largest absolute Gasteiger partial charge is 0.496 e. The maximum absolute atomic E-state index is 14.8. The Kier molecular flexibility index (Phi) is 9.90. The van der Waals surface area contributed by atoms with Crippen molar-refractivity contribution in [1.29, 1.82) is 5.26 Å². The molecule has 1 heterocycles. The fourth-order valence-corrected chi connectivity index (χ4v) is 7.76. The topological polar surface area (TPSA) is 93.9 Å². The third-order valence-corrected chi connectivity index (χ3v) is 10.1. The van der Waals surface area contributed by atoms with Crippen LogP contribution in [0.15, 0.2) is 60.7 Å². The smallest absolute Gasteiger partial charge is 0.407 e. The molecule has 1 saturated carbocycles. The molecule has 240 valence electrons. The molecule has 2 amide bonds. The first-order valence-corrected chi connectivity index (χ1v) is 16.4. The number of carbonyl (C=O) groups excluding carboxylic acids is 1. The fraction of sp³-hybridized carbons (Fsp3) is 0.361. The van der Waals surface area contributed by atoms with Crippen LogP contribution in [0.5, 0.6) is 5.75 Å². The Bertz CT molecular complexity index is 1790. The Morgan fingerprint density at radius 2 is 1.65 bits per heavy atom. The van der Waals surface area contributed by atoms with Crippen LogP contribution in [-0.4, -0.2) is 52.6 Å². The summed E-state index contributed by atoms with van der Waals surface area (Å²) >= 11 is 7.87. The van der Waals surface area contributed by atoms with Crippen molar-refractivity contribution in [3.05, 3.63) is 87.5 Å². The van der Waals surface area contributed by atoms with Crippen molar-refractivity contribution < 1.29 is 23.8 Å². The van der Waals surface area contributed by atoms with Gasteiger partial charge in [0.2, 0.25) is 0 Å². The van der Waals surface area contributed by atoms with Gasteiger partial charge in [-0.3, -0.25) is 4.79 Å². The molecule has 1 aliphatic rings. The molecule has 46 heavy (non-hydrogen) atoms. The number of ether oxygens (including phenoxy) is 1. The van der Waals surface area contributed by atoms with Crippen LogP contribution in [0.3, 0.4) is 0 Å². The zero-order chi connectivity index (χ0) is 33.2. The van der Waals surface area contributed by atoms with Crippen molar-refractivity contribution in [2.45, 2.75) is 65.1 Å². The van der Waals surface area contributed by atoms with Crippen LogP contribution in [0, 0.1) is 22.6 Å². The highest BCUT2D eigenvalue weighted by Crippen LogP contribution is 2.40. The van der Waals surface area contributed by atoms with Crippen LogP contribution in [-0.2, 0) is 6.54 Å². The number of halogens is 2. The maximum atomic E-state index is 14.8. The quantitative estimate of drug-likeness (QED) is 0.203. The van der Waals surface area contributed by atoms with Crippen molar-refractivity contribution in [2.75, 3.05) is 13.7 Å². The summed E-state index contributed by atoms with van der Waals surface area (Å²) in [7, 11) is 1.58. The molecule has 0 spiro atoms. The van der Waals surface area contributed by atoms with Gasteiger partial charge in [-0.15, -0.1) is 11.3 Å². The molecule has 1 fully saturated rings. The summed E-state index contributed by atoms with van der Waals surface area (Å²) in [4.78, 5) is 30.3. The average molecular weight is 662 g/mol. The lowest BCUT2D eigenvalue weighted by molar-refractivity contribution is 0.0492.